The number of carbonyl (C=O) groups is 1. The van der Waals surface area contributed by atoms with Crippen molar-refractivity contribution in [2.75, 3.05) is 20.1 Å². The van der Waals surface area contributed by atoms with Crippen molar-refractivity contribution in [1.29, 1.82) is 0 Å². The van der Waals surface area contributed by atoms with Crippen LogP contribution in [-0.4, -0.2) is 37.0 Å². The molecular weight excluding hydrogens is 152 g/mol. The van der Waals surface area contributed by atoms with Gasteiger partial charge >= 0.3 is 0 Å². The largest absolute Gasteiger partial charge is 0.344 e. The zero-order valence-corrected chi connectivity index (χ0v) is 8.13. The summed E-state index contributed by atoms with van der Waals surface area (Å²) in [6.45, 7) is 6.13. The Balaban J connectivity index is 2.30. The van der Waals surface area contributed by atoms with E-state index in [1.165, 1.54) is 0 Å². The fourth-order valence-electron chi connectivity index (χ4n) is 1.39. The molecule has 1 aliphatic heterocycles. The molecular formula is C9H18N2O. The van der Waals surface area contributed by atoms with E-state index >= 15 is 0 Å². The maximum absolute atomic E-state index is 11.4. The van der Waals surface area contributed by atoms with E-state index in [0.29, 0.717) is 5.92 Å². The quantitative estimate of drug-likeness (QED) is 0.667. The molecule has 12 heavy (non-hydrogen) atoms. The van der Waals surface area contributed by atoms with Gasteiger partial charge in [0.15, 0.2) is 0 Å². The van der Waals surface area contributed by atoms with E-state index < -0.39 is 0 Å². The zero-order chi connectivity index (χ0) is 9.14. The molecule has 0 aromatic rings. The molecule has 0 aliphatic carbocycles. The van der Waals surface area contributed by atoms with Gasteiger partial charge in [0.25, 0.3) is 0 Å². The highest BCUT2D eigenvalue weighted by Crippen LogP contribution is 2.08. The number of hydrogen-bond donors (Lipinski definition) is 1. The third kappa shape index (κ3) is 2.21. The summed E-state index contributed by atoms with van der Waals surface area (Å²) in [4.78, 5) is 13.2. The second-order valence-electron chi connectivity index (χ2n) is 3.90. The molecule has 0 aromatic carbocycles. The predicted molar refractivity (Wildman–Crippen MR) is 48.9 cm³/mol. The molecule has 1 aliphatic rings. The van der Waals surface area contributed by atoms with Crippen molar-refractivity contribution >= 4 is 5.91 Å². The number of nitrogens with zero attached hydrogens (tertiary/aromatic N) is 1. The number of nitrogens with one attached hydrogen (secondary N) is 1. The van der Waals surface area contributed by atoms with Gasteiger partial charge in [0.1, 0.15) is 0 Å². The summed E-state index contributed by atoms with van der Waals surface area (Å²) in [7, 11) is 1.86. The Kier molecular flexibility index (Phi) is 3.09. The Hall–Kier alpha value is -0.570. The van der Waals surface area contributed by atoms with Crippen LogP contribution in [0.25, 0.3) is 0 Å². The van der Waals surface area contributed by atoms with Crippen LogP contribution in [0.1, 0.15) is 20.3 Å². The number of rotatable bonds is 3. The average Bonchev–Trinajstić information content (AvgIpc) is 2.30. The van der Waals surface area contributed by atoms with E-state index in [-0.39, 0.29) is 11.9 Å². The molecule has 1 atom stereocenters. The smallest absolute Gasteiger partial charge is 0.239 e. The predicted octanol–water partition coefficient (Wildman–Crippen LogP) is 0.463. The standard InChI is InChI=1S/C9H18N2O/c1-7(2)6-10-8-4-5-11(3)9(8)12/h7-8,10H,4-6H2,1-3H3. The number of hydrogen-bond acceptors (Lipinski definition) is 2. The third-order valence-electron chi connectivity index (χ3n) is 2.20. The van der Waals surface area contributed by atoms with Crippen LogP contribution in [0.5, 0.6) is 0 Å². The molecule has 1 heterocycles. The lowest BCUT2D eigenvalue weighted by molar-refractivity contribution is -0.128. The number of amides is 1. The van der Waals surface area contributed by atoms with Crippen LogP contribution in [0.4, 0.5) is 0 Å². The van der Waals surface area contributed by atoms with Crippen molar-refractivity contribution in [3.8, 4) is 0 Å². The second-order valence-corrected chi connectivity index (χ2v) is 3.90. The second kappa shape index (κ2) is 3.90. The van der Waals surface area contributed by atoms with E-state index in [9.17, 15) is 4.79 Å². The zero-order valence-electron chi connectivity index (χ0n) is 8.13. The third-order valence-corrected chi connectivity index (χ3v) is 2.20. The van der Waals surface area contributed by atoms with Crippen LogP contribution >= 0.6 is 0 Å². The highest BCUT2D eigenvalue weighted by molar-refractivity contribution is 5.83. The van der Waals surface area contributed by atoms with Crippen molar-refractivity contribution in [1.82, 2.24) is 10.2 Å². The summed E-state index contributed by atoms with van der Waals surface area (Å²) in [6.07, 6.45) is 0.960. The number of likely N-dealkylation sites (N-methyl/N-ethyl adjacent to an activating group) is 1. The fourth-order valence-corrected chi connectivity index (χ4v) is 1.39. The average molecular weight is 170 g/mol. The van der Waals surface area contributed by atoms with Gasteiger partial charge < -0.3 is 10.2 Å². The van der Waals surface area contributed by atoms with Gasteiger partial charge in [0.2, 0.25) is 5.91 Å². The Morgan fingerprint density at radius 3 is 2.75 bits per heavy atom. The Morgan fingerprint density at radius 2 is 2.33 bits per heavy atom. The first kappa shape index (κ1) is 9.52. The molecule has 1 N–H and O–H groups in total. The van der Waals surface area contributed by atoms with Gasteiger partial charge in [0, 0.05) is 13.6 Å². The van der Waals surface area contributed by atoms with E-state index in [4.69, 9.17) is 0 Å². The first-order chi connectivity index (χ1) is 5.61. The van der Waals surface area contributed by atoms with E-state index in [1.807, 2.05) is 7.05 Å². The van der Waals surface area contributed by atoms with Crippen molar-refractivity contribution in [2.45, 2.75) is 26.3 Å². The molecule has 1 saturated heterocycles. The van der Waals surface area contributed by atoms with Gasteiger partial charge in [-0.15, -0.1) is 0 Å². The minimum atomic E-state index is 0.0809. The Morgan fingerprint density at radius 1 is 1.67 bits per heavy atom. The van der Waals surface area contributed by atoms with Gasteiger partial charge in [-0.25, -0.2) is 0 Å². The molecule has 1 amide bonds. The fraction of sp³-hybridized carbons (Fsp3) is 0.889. The highest BCUT2D eigenvalue weighted by atomic mass is 16.2. The summed E-state index contributed by atoms with van der Waals surface area (Å²) >= 11 is 0. The van der Waals surface area contributed by atoms with Gasteiger partial charge in [-0.1, -0.05) is 13.8 Å². The van der Waals surface area contributed by atoms with E-state index in [1.54, 1.807) is 4.90 Å². The lowest BCUT2D eigenvalue weighted by Gasteiger charge is -2.13. The Labute approximate surface area is 74.1 Å². The van der Waals surface area contributed by atoms with Gasteiger partial charge in [-0.2, -0.15) is 0 Å². The molecule has 0 saturated carbocycles. The highest BCUT2D eigenvalue weighted by Gasteiger charge is 2.28. The molecule has 70 valence electrons. The van der Waals surface area contributed by atoms with Crippen molar-refractivity contribution < 1.29 is 4.79 Å². The van der Waals surface area contributed by atoms with Crippen LogP contribution in [0.2, 0.25) is 0 Å². The van der Waals surface area contributed by atoms with Gasteiger partial charge in [-0.05, 0) is 18.9 Å². The lowest BCUT2D eigenvalue weighted by atomic mass is 10.2. The monoisotopic (exact) mass is 170 g/mol. The number of likely N-dealkylation sites (tertiary alicyclic amines) is 1. The number of carbonyl (C=O) groups excluding carboxylic acids is 1. The summed E-state index contributed by atoms with van der Waals surface area (Å²) in [5, 5.41) is 3.27. The molecule has 0 spiro atoms. The summed E-state index contributed by atoms with van der Waals surface area (Å²) in [6, 6.07) is 0.0809. The Bertz CT molecular complexity index is 168. The molecule has 0 aromatic heterocycles. The SMILES string of the molecule is CC(C)CNC1CCN(C)C1=O. The van der Waals surface area contributed by atoms with Crippen molar-refractivity contribution in [2.24, 2.45) is 5.92 Å². The van der Waals surface area contributed by atoms with Crippen LogP contribution in [0.15, 0.2) is 0 Å². The first-order valence-corrected chi connectivity index (χ1v) is 4.59. The summed E-state index contributed by atoms with van der Waals surface area (Å²) in [5.41, 5.74) is 0. The lowest BCUT2D eigenvalue weighted by Crippen LogP contribution is -2.38. The normalized spacial score (nSPS) is 24.2. The molecule has 1 rings (SSSR count). The minimum Gasteiger partial charge on any atom is -0.344 e. The molecule has 3 heteroatoms. The van der Waals surface area contributed by atoms with Crippen LogP contribution in [0.3, 0.4) is 0 Å². The minimum absolute atomic E-state index is 0.0809. The first-order valence-electron chi connectivity index (χ1n) is 4.59. The van der Waals surface area contributed by atoms with E-state index in [0.717, 1.165) is 19.5 Å². The topological polar surface area (TPSA) is 32.3 Å². The maximum atomic E-state index is 11.4. The van der Waals surface area contributed by atoms with Gasteiger partial charge in [0.05, 0.1) is 6.04 Å². The van der Waals surface area contributed by atoms with E-state index in [2.05, 4.69) is 19.2 Å². The van der Waals surface area contributed by atoms with Crippen molar-refractivity contribution in [3.63, 3.8) is 0 Å². The van der Waals surface area contributed by atoms with Crippen LogP contribution in [-0.2, 0) is 4.79 Å². The van der Waals surface area contributed by atoms with Gasteiger partial charge in [-0.3, -0.25) is 4.79 Å². The molecule has 0 bridgehead atoms. The maximum Gasteiger partial charge on any atom is 0.239 e. The van der Waals surface area contributed by atoms with Crippen LogP contribution < -0.4 is 5.32 Å². The van der Waals surface area contributed by atoms with Crippen molar-refractivity contribution in [3.05, 3.63) is 0 Å². The molecule has 1 unspecified atom stereocenters. The summed E-state index contributed by atoms with van der Waals surface area (Å²) < 4.78 is 0. The molecule has 3 nitrogen and oxygen atoms in total. The summed E-state index contributed by atoms with van der Waals surface area (Å²) in [5.74, 6) is 0.861. The molecule has 1 fully saturated rings. The van der Waals surface area contributed by atoms with Crippen LogP contribution in [0, 0.1) is 5.92 Å². The molecule has 0 radical (unpaired) electrons.